The molecule has 0 saturated heterocycles. The lowest BCUT2D eigenvalue weighted by Gasteiger charge is -2.05. The van der Waals surface area contributed by atoms with Gasteiger partial charge in [-0.15, -0.1) is 11.8 Å². The summed E-state index contributed by atoms with van der Waals surface area (Å²) >= 11 is 1.77. The summed E-state index contributed by atoms with van der Waals surface area (Å²) in [5.74, 6) is 2.59. The van der Waals surface area contributed by atoms with E-state index in [0.717, 1.165) is 27.9 Å². The van der Waals surface area contributed by atoms with Crippen LogP contribution in [0.2, 0.25) is 0 Å². The van der Waals surface area contributed by atoms with Crippen LogP contribution in [0.4, 0.5) is 5.82 Å². The topological polar surface area (TPSA) is 30.2 Å². The van der Waals surface area contributed by atoms with Crippen LogP contribution in [0.1, 0.15) is 32.3 Å². The zero-order valence-electron chi connectivity index (χ0n) is 10.7. The monoisotopic (exact) mass is 249 g/mol. The summed E-state index contributed by atoms with van der Waals surface area (Å²) in [7, 11) is 0. The van der Waals surface area contributed by atoms with Crippen LogP contribution < -0.4 is 0 Å². The van der Waals surface area contributed by atoms with Crippen molar-refractivity contribution in [1.82, 2.24) is 9.78 Å². The molecule has 0 atom stereocenters. The van der Waals surface area contributed by atoms with Crippen LogP contribution in [0.5, 0.6) is 0 Å². The first-order valence-electron chi connectivity index (χ1n) is 6.09. The van der Waals surface area contributed by atoms with Gasteiger partial charge in [0, 0.05) is 23.4 Å². The standard InChI is InChI=1S/C13H19N3S/c1-5-14-12-9(3)13(17-6-2)15-16(12)10(4)11-7-8-11/h5,11H,4,6-8H2,1-3H3/b14-5-. The van der Waals surface area contributed by atoms with Crippen LogP contribution in [-0.2, 0) is 0 Å². The first-order chi connectivity index (χ1) is 8.19. The van der Waals surface area contributed by atoms with E-state index in [4.69, 9.17) is 0 Å². The molecule has 1 aromatic rings. The minimum Gasteiger partial charge on any atom is -0.242 e. The molecular weight excluding hydrogens is 230 g/mol. The molecule has 92 valence electrons. The van der Waals surface area contributed by atoms with Gasteiger partial charge in [0.1, 0.15) is 5.03 Å². The predicted octanol–water partition coefficient (Wildman–Crippen LogP) is 3.91. The van der Waals surface area contributed by atoms with Crippen molar-refractivity contribution < 1.29 is 0 Å². The maximum Gasteiger partial charge on any atom is 0.158 e. The van der Waals surface area contributed by atoms with Crippen LogP contribution in [0.15, 0.2) is 16.6 Å². The summed E-state index contributed by atoms with van der Waals surface area (Å²) in [6, 6.07) is 0. The number of thioether (sulfide) groups is 1. The number of rotatable bonds is 5. The predicted molar refractivity (Wildman–Crippen MR) is 75.2 cm³/mol. The fourth-order valence-corrected chi connectivity index (χ4v) is 2.53. The van der Waals surface area contributed by atoms with Gasteiger partial charge in [0.15, 0.2) is 5.82 Å². The molecule has 1 saturated carbocycles. The Morgan fingerprint density at radius 3 is 2.88 bits per heavy atom. The van der Waals surface area contributed by atoms with Gasteiger partial charge in [0.05, 0.1) is 0 Å². The Morgan fingerprint density at radius 1 is 1.65 bits per heavy atom. The van der Waals surface area contributed by atoms with E-state index in [1.165, 1.54) is 12.8 Å². The highest BCUT2D eigenvalue weighted by Gasteiger charge is 2.28. The van der Waals surface area contributed by atoms with Gasteiger partial charge in [0.25, 0.3) is 0 Å². The third-order valence-electron chi connectivity index (χ3n) is 2.90. The second-order valence-electron chi connectivity index (χ2n) is 4.25. The van der Waals surface area contributed by atoms with Crippen LogP contribution in [-0.4, -0.2) is 21.7 Å². The van der Waals surface area contributed by atoms with Gasteiger partial charge in [-0.05, 0) is 32.4 Å². The Labute approximate surface area is 107 Å². The first kappa shape index (κ1) is 12.4. The van der Waals surface area contributed by atoms with E-state index >= 15 is 0 Å². The molecule has 0 aromatic carbocycles. The van der Waals surface area contributed by atoms with Gasteiger partial charge < -0.3 is 0 Å². The summed E-state index contributed by atoms with van der Waals surface area (Å²) in [4.78, 5) is 4.44. The van der Waals surface area contributed by atoms with E-state index in [9.17, 15) is 0 Å². The molecule has 0 bridgehead atoms. The summed E-state index contributed by atoms with van der Waals surface area (Å²) in [5, 5.41) is 5.72. The number of aliphatic imine (C=N–C) groups is 1. The number of aromatic nitrogens is 2. The van der Waals surface area contributed by atoms with Gasteiger partial charge in [-0.1, -0.05) is 13.5 Å². The van der Waals surface area contributed by atoms with E-state index in [1.807, 2.05) is 17.8 Å². The zero-order chi connectivity index (χ0) is 12.4. The molecule has 0 spiro atoms. The summed E-state index contributed by atoms with van der Waals surface area (Å²) in [6.07, 6.45) is 4.30. The van der Waals surface area contributed by atoms with Gasteiger partial charge in [-0.25, -0.2) is 9.67 Å². The lowest BCUT2D eigenvalue weighted by atomic mass is 10.3. The Kier molecular flexibility index (Phi) is 3.72. The van der Waals surface area contributed by atoms with Crippen LogP contribution >= 0.6 is 11.8 Å². The molecule has 1 fully saturated rings. The number of hydrogen-bond acceptors (Lipinski definition) is 3. The average molecular weight is 249 g/mol. The average Bonchev–Trinajstić information content (AvgIpc) is 3.10. The van der Waals surface area contributed by atoms with Crippen LogP contribution in [0.25, 0.3) is 5.70 Å². The molecule has 1 heterocycles. The molecule has 3 nitrogen and oxygen atoms in total. The van der Waals surface area contributed by atoms with Crippen molar-refractivity contribution in [2.45, 2.75) is 38.6 Å². The van der Waals surface area contributed by atoms with Crippen molar-refractivity contribution in [3.05, 3.63) is 12.1 Å². The third kappa shape index (κ3) is 2.46. The molecule has 17 heavy (non-hydrogen) atoms. The molecule has 1 aliphatic rings. The van der Waals surface area contributed by atoms with Gasteiger partial charge in [-0.3, -0.25) is 0 Å². The molecule has 4 heteroatoms. The maximum absolute atomic E-state index is 4.65. The van der Waals surface area contributed by atoms with E-state index in [1.54, 1.807) is 11.8 Å². The minimum absolute atomic E-state index is 0.611. The van der Waals surface area contributed by atoms with Gasteiger partial charge >= 0.3 is 0 Å². The molecule has 1 aromatic heterocycles. The number of allylic oxidation sites excluding steroid dienone is 1. The van der Waals surface area contributed by atoms with Crippen molar-refractivity contribution in [2.24, 2.45) is 10.9 Å². The second kappa shape index (κ2) is 5.08. The number of hydrogen-bond donors (Lipinski definition) is 0. The fraction of sp³-hybridized carbons (Fsp3) is 0.538. The van der Waals surface area contributed by atoms with Crippen LogP contribution in [0.3, 0.4) is 0 Å². The minimum atomic E-state index is 0.611. The number of nitrogens with zero attached hydrogens (tertiary/aromatic N) is 3. The van der Waals surface area contributed by atoms with Crippen LogP contribution in [0, 0.1) is 12.8 Å². The lowest BCUT2D eigenvalue weighted by Crippen LogP contribution is -1.99. The largest absolute Gasteiger partial charge is 0.242 e. The van der Waals surface area contributed by atoms with Gasteiger partial charge in [0.2, 0.25) is 0 Å². The Balaban J connectivity index is 2.40. The first-order valence-corrected chi connectivity index (χ1v) is 7.07. The van der Waals surface area contributed by atoms with Crippen molar-refractivity contribution in [3.63, 3.8) is 0 Å². The molecule has 0 N–H and O–H groups in total. The molecule has 0 aliphatic heterocycles. The van der Waals surface area contributed by atoms with E-state index in [2.05, 4.69) is 30.5 Å². The quantitative estimate of drug-likeness (QED) is 0.585. The molecule has 2 rings (SSSR count). The normalized spacial score (nSPS) is 15.7. The van der Waals surface area contributed by atoms with Crippen molar-refractivity contribution in [1.29, 1.82) is 0 Å². The maximum atomic E-state index is 4.65. The molecular formula is C13H19N3S. The molecule has 0 unspecified atom stereocenters. The molecule has 0 radical (unpaired) electrons. The Hall–Kier alpha value is -1.03. The van der Waals surface area contributed by atoms with Crippen molar-refractivity contribution in [2.75, 3.05) is 5.75 Å². The zero-order valence-corrected chi connectivity index (χ0v) is 11.5. The Morgan fingerprint density at radius 2 is 2.35 bits per heavy atom. The summed E-state index contributed by atoms with van der Waals surface area (Å²) in [5.41, 5.74) is 2.26. The van der Waals surface area contributed by atoms with Crippen molar-refractivity contribution >= 4 is 29.5 Å². The lowest BCUT2D eigenvalue weighted by molar-refractivity contribution is 0.812. The van der Waals surface area contributed by atoms with E-state index in [-0.39, 0.29) is 0 Å². The third-order valence-corrected chi connectivity index (χ3v) is 3.85. The van der Waals surface area contributed by atoms with Crippen molar-refractivity contribution in [3.8, 4) is 0 Å². The highest BCUT2D eigenvalue weighted by molar-refractivity contribution is 7.99. The van der Waals surface area contributed by atoms with Gasteiger partial charge in [-0.2, -0.15) is 5.10 Å². The SMILES string of the molecule is C=C(C1CC1)n1nc(SCC)c(C)c1/N=C\C. The van der Waals surface area contributed by atoms with E-state index < -0.39 is 0 Å². The molecule has 0 amide bonds. The van der Waals surface area contributed by atoms with E-state index in [0.29, 0.717) is 5.92 Å². The summed E-state index contributed by atoms with van der Waals surface area (Å²) < 4.78 is 1.94. The molecule has 1 aliphatic carbocycles. The summed E-state index contributed by atoms with van der Waals surface area (Å²) in [6.45, 7) is 10.3. The highest BCUT2D eigenvalue weighted by Crippen LogP contribution is 2.41. The highest BCUT2D eigenvalue weighted by atomic mass is 32.2. The Bertz CT molecular complexity index is 455. The second-order valence-corrected chi connectivity index (χ2v) is 5.50. The fourth-order valence-electron chi connectivity index (χ4n) is 1.81. The smallest absolute Gasteiger partial charge is 0.158 e.